The third kappa shape index (κ3) is 5.27. The van der Waals surface area contributed by atoms with Crippen molar-refractivity contribution in [3.63, 3.8) is 0 Å². The summed E-state index contributed by atoms with van der Waals surface area (Å²) in [6, 6.07) is 11.7. The first-order chi connectivity index (χ1) is 14.3. The van der Waals surface area contributed by atoms with Crippen molar-refractivity contribution >= 4 is 34.9 Å². The van der Waals surface area contributed by atoms with Gasteiger partial charge in [0.15, 0.2) is 6.61 Å². The number of hydrogen-bond donors (Lipinski definition) is 1. The van der Waals surface area contributed by atoms with Crippen LogP contribution in [-0.2, 0) is 9.59 Å². The summed E-state index contributed by atoms with van der Waals surface area (Å²) in [6.07, 6.45) is 1.36. The first kappa shape index (κ1) is 21.6. The molecule has 30 heavy (non-hydrogen) atoms. The maximum Gasteiger partial charge on any atom is 0.293 e. The van der Waals surface area contributed by atoms with E-state index in [1.54, 1.807) is 18.2 Å². The van der Waals surface area contributed by atoms with Crippen LogP contribution in [0.3, 0.4) is 0 Å². The van der Waals surface area contributed by atoms with Crippen LogP contribution < -0.4 is 10.1 Å². The number of carbonyl (C=O) groups excluding carboxylic acids is 3. The summed E-state index contributed by atoms with van der Waals surface area (Å²) in [5.74, 6) is -0.710. The van der Waals surface area contributed by atoms with Crippen molar-refractivity contribution in [3.8, 4) is 5.75 Å². The van der Waals surface area contributed by atoms with E-state index < -0.39 is 17.0 Å². The van der Waals surface area contributed by atoms with E-state index in [1.807, 2.05) is 26.0 Å². The minimum absolute atomic E-state index is 0.0224. The molecule has 3 amide bonds. The molecule has 0 spiro atoms. The molecule has 3 rings (SSSR count). The second-order valence-corrected chi connectivity index (χ2v) is 7.76. The Morgan fingerprint density at radius 2 is 1.97 bits per heavy atom. The van der Waals surface area contributed by atoms with E-state index in [0.29, 0.717) is 5.75 Å². The zero-order chi connectivity index (χ0) is 21.7. The summed E-state index contributed by atoms with van der Waals surface area (Å²) < 4.78 is 19.3. The van der Waals surface area contributed by atoms with Crippen LogP contribution in [0.4, 0.5) is 9.18 Å². The van der Waals surface area contributed by atoms with E-state index >= 15 is 0 Å². The van der Waals surface area contributed by atoms with Crippen molar-refractivity contribution in [2.24, 2.45) is 0 Å². The fourth-order valence-electron chi connectivity index (χ4n) is 2.89. The van der Waals surface area contributed by atoms with Gasteiger partial charge in [0.05, 0.1) is 4.91 Å². The molecule has 6 nitrogen and oxygen atoms in total. The monoisotopic (exact) mass is 428 g/mol. The molecule has 2 aromatic rings. The smallest absolute Gasteiger partial charge is 0.293 e. The molecule has 0 aliphatic carbocycles. The Morgan fingerprint density at radius 1 is 1.20 bits per heavy atom. The third-order valence-electron chi connectivity index (χ3n) is 4.41. The van der Waals surface area contributed by atoms with Gasteiger partial charge in [0, 0.05) is 18.7 Å². The maximum atomic E-state index is 13.8. The van der Waals surface area contributed by atoms with E-state index in [4.69, 9.17) is 4.74 Å². The van der Waals surface area contributed by atoms with Crippen molar-refractivity contribution in [2.75, 3.05) is 19.7 Å². The number of ether oxygens (including phenoxy) is 1. The molecule has 0 radical (unpaired) electrons. The number of carbonyl (C=O) groups is 3. The number of nitrogens with one attached hydrogen (secondary N) is 1. The van der Waals surface area contributed by atoms with Gasteiger partial charge in [0.1, 0.15) is 11.6 Å². The molecule has 0 aromatic heterocycles. The van der Waals surface area contributed by atoms with Crippen LogP contribution in [0.1, 0.15) is 16.7 Å². The fraction of sp³-hybridized carbons (Fsp3) is 0.227. The van der Waals surface area contributed by atoms with E-state index in [9.17, 15) is 18.8 Å². The number of thioether (sulfide) groups is 1. The summed E-state index contributed by atoms with van der Waals surface area (Å²) in [4.78, 5) is 37.7. The topological polar surface area (TPSA) is 75.7 Å². The number of aryl methyl sites for hydroxylation is 2. The van der Waals surface area contributed by atoms with Gasteiger partial charge in [-0.25, -0.2) is 4.39 Å². The van der Waals surface area contributed by atoms with Gasteiger partial charge in [-0.2, -0.15) is 0 Å². The number of imide groups is 1. The average molecular weight is 428 g/mol. The lowest BCUT2D eigenvalue weighted by atomic mass is 10.1. The normalized spacial score (nSPS) is 15.0. The van der Waals surface area contributed by atoms with E-state index in [-0.39, 0.29) is 36.1 Å². The predicted octanol–water partition coefficient (Wildman–Crippen LogP) is 3.67. The summed E-state index contributed by atoms with van der Waals surface area (Å²) in [6.45, 7) is 3.82. The van der Waals surface area contributed by atoms with Crippen LogP contribution in [-0.4, -0.2) is 41.6 Å². The van der Waals surface area contributed by atoms with Crippen LogP contribution >= 0.6 is 11.8 Å². The minimum atomic E-state index is -0.506. The highest BCUT2D eigenvalue weighted by molar-refractivity contribution is 8.18. The molecule has 1 heterocycles. The maximum absolute atomic E-state index is 13.8. The molecular formula is C22H21FN2O4S. The predicted molar refractivity (Wildman–Crippen MR) is 113 cm³/mol. The lowest BCUT2D eigenvalue weighted by Crippen LogP contribution is -2.38. The van der Waals surface area contributed by atoms with Gasteiger partial charge in [-0.15, -0.1) is 0 Å². The molecule has 1 aliphatic heterocycles. The van der Waals surface area contributed by atoms with Crippen molar-refractivity contribution in [3.05, 3.63) is 69.9 Å². The van der Waals surface area contributed by atoms with E-state index in [0.717, 1.165) is 27.8 Å². The van der Waals surface area contributed by atoms with Gasteiger partial charge in [0.2, 0.25) is 0 Å². The second-order valence-electron chi connectivity index (χ2n) is 6.76. The Labute approximate surface area is 178 Å². The number of amides is 3. The van der Waals surface area contributed by atoms with Crippen LogP contribution in [0.5, 0.6) is 5.75 Å². The molecule has 2 aromatic carbocycles. The number of nitrogens with zero attached hydrogens (tertiary/aromatic N) is 1. The first-order valence-corrected chi connectivity index (χ1v) is 10.1. The largest absolute Gasteiger partial charge is 0.484 e. The SMILES string of the molecule is Cc1ccc(OCC(=O)NCCN2C(=O)S/C(=C\c3ccccc3F)C2=O)c(C)c1. The molecule has 1 saturated heterocycles. The average Bonchev–Trinajstić information content (AvgIpc) is 2.96. The second kappa shape index (κ2) is 9.58. The Balaban J connectivity index is 1.49. The summed E-state index contributed by atoms with van der Waals surface area (Å²) in [5, 5.41) is 2.17. The molecule has 0 atom stereocenters. The molecule has 156 valence electrons. The molecule has 8 heteroatoms. The highest BCUT2D eigenvalue weighted by Crippen LogP contribution is 2.32. The summed E-state index contributed by atoms with van der Waals surface area (Å²) in [7, 11) is 0. The molecule has 1 N–H and O–H groups in total. The molecular weight excluding hydrogens is 407 g/mol. The van der Waals surface area contributed by atoms with E-state index in [2.05, 4.69) is 5.32 Å². The first-order valence-electron chi connectivity index (χ1n) is 9.32. The fourth-order valence-corrected chi connectivity index (χ4v) is 3.74. The third-order valence-corrected chi connectivity index (χ3v) is 5.32. The number of rotatable bonds is 7. The number of halogens is 1. The highest BCUT2D eigenvalue weighted by atomic mass is 32.2. The Bertz CT molecular complexity index is 1020. The van der Waals surface area contributed by atoms with E-state index in [1.165, 1.54) is 18.2 Å². The van der Waals surface area contributed by atoms with Gasteiger partial charge >= 0.3 is 0 Å². The zero-order valence-corrected chi connectivity index (χ0v) is 17.4. The lowest BCUT2D eigenvalue weighted by Gasteiger charge is -2.13. The lowest BCUT2D eigenvalue weighted by molar-refractivity contribution is -0.125. The van der Waals surface area contributed by atoms with Crippen molar-refractivity contribution in [1.82, 2.24) is 10.2 Å². The summed E-state index contributed by atoms with van der Waals surface area (Å²) >= 11 is 0.749. The minimum Gasteiger partial charge on any atom is -0.484 e. The molecule has 1 aliphatic rings. The molecule has 0 bridgehead atoms. The van der Waals surface area contributed by atoms with Crippen LogP contribution in [0.25, 0.3) is 6.08 Å². The van der Waals surface area contributed by atoms with Gasteiger partial charge in [-0.05, 0) is 49.4 Å². The van der Waals surface area contributed by atoms with Crippen LogP contribution in [0.2, 0.25) is 0 Å². The Morgan fingerprint density at radius 3 is 2.70 bits per heavy atom. The number of benzene rings is 2. The van der Waals surface area contributed by atoms with Crippen LogP contribution in [0.15, 0.2) is 47.4 Å². The van der Waals surface area contributed by atoms with Gasteiger partial charge in [-0.1, -0.05) is 35.9 Å². The van der Waals surface area contributed by atoms with Gasteiger partial charge in [-0.3, -0.25) is 19.3 Å². The van der Waals surface area contributed by atoms with Crippen molar-refractivity contribution in [1.29, 1.82) is 0 Å². The molecule has 0 saturated carbocycles. The number of hydrogen-bond acceptors (Lipinski definition) is 5. The molecule has 0 unspecified atom stereocenters. The highest BCUT2D eigenvalue weighted by Gasteiger charge is 2.34. The van der Waals surface area contributed by atoms with Gasteiger partial charge in [0.25, 0.3) is 17.1 Å². The van der Waals surface area contributed by atoms with Crippen molar-refractivity contribution < 1.29 is 23.5 Å². The molecule has 1 fully saturated rings. The summed E-state index contributed by atoms with van der Waals surface area (Å²) in [5.41, 5.74) is 2.27. The van der Waals surface area contributed by atoms with Gasteiger partial charge < -0.3 is 10.1 Å². The van der Waals surface area contributed by atoms with Crippen molar-refractivity contribution in [2.45, 2.75) is 13.8 Å². The Hall–Kier alpha value is -3.13. The zero-order valence-electron chi connectivity index (χ0n) is 16.6. The quantitative estimate of drug-likeness (QED) is 0.681. The van der Waals surface area contributed by atoms with Crippen LogP contribution in [0, 0.1) is 19.7 Å². The Kier molecular flexibility index (Phi) is 6.89. The standard InChI is InChI=1S/C22H21FN2O4S/c1-14-7-8-18(15(2)11-14)29-13-20(26)24-9-10-25-21(27)19(30-22(25)28)12-16-5-3-4-6-17(16)23/h3-8,11-12H,9-10,13H2,1-2H3,(H,24,26)/b19-12-.